The highest BCUT2D eigenvalue weighted by molar-refractivity contribution is 5.79. The molecule has 1 aromatic heterocycles. The minimum absolute atomic E-state index is 0.0467. The Morgan fingerprint density at radius 2 is 1.91 bits per heavy atom. The highest BCUT2D eigenvalue weighted by Gasteiger charge is 2.34. The van der Waals surface area contributed by atoms with E-state index in [2.05, 4.69) is 4.98 Å². The molecular formula is C17H14F3NO2. The molecule has 120 valence electrons. The fraction of sp³-hybridized carbons (Fsp3) is 0.235. The molecule has 0 bridgehead atoms. The van der Waals surface area contributed by atoms with Crippen molar-refractivity contribution in [3.8, 4) is 11.5 Å². The number of rotatable bonds is 2. The van der Waals surface area contributed by atoms with E-state index in [1.165, 1.54) is 6.07 Å². The average molecular weight is 321 g/mol. The van der Waals surface area contributed by atoms with Crippen LogP contribution in [0.2, 0.25) is 0 Å². The van der Waals surface area contributed by atoms with E-state index in [-0.39, 0.29) is 22.6 Å². The number of halogens is 3. The van der Waals surface area contributed by atoms with Crippen LogP contribution in [0.25, 0.3) is 22.6 Å². The fourth-order valence-corrected chi connectivity index (χ4v) is 2.51. The summed E-state index contributed by atoms with van der Waals surface area (Å²) in [5.74, 6) is 0.268. The van der Waals surface area contributed by atoms with Gasteiger partial charge in [0, 0.05) is 5.56 Å². The van der Waals surface area contributed by atoms with Crippen LogP contribution in [0.3, 0.4) is 0 Å². The number of hydrogen-bond donors (Lipinski definition) is 1. The first-order valence-electron chi connectivity index (χ1n) is 6.99. The zero-order chi connectivity index (χ0) is 16.8. The minimum Gasteiger partial charge on any atom is -0.436 e. The van der Waals surface area contributed by atoms with E-state index in [0.717, 1.165) is 22.8 Å². The first kappa shape index (κ1) is 15.6. The van der Waals surface area contributed by atoms with Crippen molar-refractivity contribution in [2.75, 3.05) is 0 Å². The predicted octanol–water partition coefficient (Wildman–Crippen LogP) is 4.62. The number of benzene rings is 2. The van der Waals surface area contributed by atoms with E-state index >= 15 is 0 Å². The van der Waals surface area contributed by atoms with Crippen molar-refractivity contribution in [3.05, 3.63) is 52.6 Å². The number of aliphatic hydroxyl groups is 1. The second-order valence-corrected chi connectivity index (χ2v) is 5.40. The Bertz CT molecular complexity index is 881. The van der Waals surface area contributed by atoms with Gasteiger partial charge in [0.05, 0.1) is 12.2 Å². The summed E-state index contributed by atoms with van der Waals surface area (Å²) in [6.07, 6.45) is -4.56. The van der Waals surface area contributed by atoms with Crippen LogP contribution in [0.1, 0.15) is 22.3 Å². The SMILES string of the molecule is Cc1cccc(-c2nc3cc(CO)c(C(F)(F)F)cc3o2)c1C. The van der Waals surface area contributed by atoms with Gasteiger partial charge in [-0.2, -0.15) is 13.2 Å². The summed E-state index contributed by atoms with van der Waals surface area (Å²) in [5.41, 5.74) is 1.94. The smallest absolute Gasteiger partial charge is 0.416 e. The number of aliphatic hydroxyl groups excluding tert-OH is 1. The first-order chi connectivity index (χ1) is 10.8. The lowest BCUT2D eigenvalue weighted by Crippen LogP contribution is -2.09. The number of nitrogens with zero attached hydrogens (tertiary/aromatic N) is 1. The van der Waals surface area contributed by atoms with Gasteiger partial charge in [0.15, 0.2) is 5.58 Å². The van der Waals surface area contributed by atoms with Crippen LogP contribution in [-0.4, -0.2) is 10.1 Å². The summed E-state index contributed by atoms with van der Waals surface area (Å²) in [5, 5.41) is 9.19. The van der Waals surface area contributed by atoms with Crippen LogP contribution >= 0.6 is 0 Å². The normalized spacial score (nSPS) is 12.1. The Labute approximate surface area is 130 Å². The predicted molar refractivity (Wildman–Crippen MR) is 79.8 cm³/mol. The summed E-state index contributed by atoms with van der Waals surface area (Å²) in [6.45, 7) is 3.13. The quantitative estimate of drug-likeness (QED) is 0.749. The van der Waals surface area contributed by atoms with Crippen molar-refractivity contribution >= 4 is 11.1 Å². The maximum atomic E-state index is 13.0. The van der Waals surface area contributed by atoms with Crippen molar-refractivity contribution in [3.63, 3.8) is 0 Å². The van der Waals surface area contributed by atoms with Crippen LogP contribution in [0, 0.1) is 13.8 Å². The van der Waals surface area contributed by atoms with Gasteiger partial charge >= 0.3 is 6.18 Å². The van der Waals surface area contributed by atoms with Crippen LogP contribution in [0.4, 0.5) is 13.2 Å². The van der Waals surface area contributed by atoms with Gasteiger partial charge in [-0.15, -0.1) is 0 Å². The third-order valence-electron chi connectivity index (χ3n) is 3.92. The van der Waals surface area contributed by atoms with E-state index in [0.29, 0.717) is 0 Å². The van der Waals surface area contributed by atoms with E-state index in [1.54, 1.807) is 0 Å². The summed E-state index contributed by atoms with van der Waals surface area (Å²) >= 11 is 0. The largest absolute Gasteiger partial charge is 0.436 e. The molecule has 0 saturated heterocycles. The van der Waals surface area contributed by atoms with Crippen LogP contribution in [0.5, 0.6) is 0 Å². The third kappa shape index (κ3) is 2.70. The van der Waals surface area contributed by atoms with Gasteiger partial charge in [-0.05, 0) is 48.7 Å². The monoisotopic (exact) mass is 321 g/mol. The van der Waals surface area contributed by atoms with E-state index in [9.17, 15) is 18.3 Å². The zero-order valence-corrected chi connectivity index (χ0v) is 12.5. The number of alkyl halides is 3. The van der Waals surface area contributed by atoms with E-state index < -0.39 is 18.3 Å². The highest BCUT2D eigenvalue weighted by Crippen LogP contribution is 2.36. The van der Waals surface area contributed by atoms with Crippen molar-refractivity contribution in [1.82, 2.24) is 4.98 Å². The molecule has 0 aliphatic rings. The van der Waals surface area contributed by atoms with Crippen LogP contribution < -0.4 is 0 Å². The number of aryl methyl sites for hydroxylation is 1. The van der Waals surface area contributed by atoms with E-state index in [4.69, 9.17) is 4.42 Å². The standard InChI is InChI=1S/C17H14F3NO2/c1-9-4-3-5-12(10(9)2)16-21-14-6-11(8-22)13(17(18,19)20)7-15(14)23-16/h3-7,22H,8H2,1-2H3. The maximum absolute atomic E-state index is 13.0. The molecule has 3 nitrogen and oxygen atoms in total. The molecule has 0 atom stereocenters. The topological polar surface area (TPSA) is 46.3 Å². The molecule has 0 radical (unpaired) electrons. The molecular weight excluding hydrogens is 307 g/mol. The second-order valence-electron chi connectivity index (χ2n) is 5.40. The Morgan fingerprint density at radius 3 is 2.57 bits per heavy atom. The molecule has 0 amide bonds. The summed E-state index contributed by atoms with van der Waals surface area (Å²) in [7, 11) is 0. The molecule has 23 heavy (non-hydrogen) atoms. The molecule has 0 fully saturated rings. The molecule has 0 aliphatic carbocycles. The van der Waals surface area contributed by atoms with Gasteiger partial charge in [0.25, 0.3) is 0 Å². The average Bonchev–Trinajstić information content (AvgIpc) is 2.90. The summed E-state index contributed by atoms with van der Waals surface area (Å²) in [4.78, 5) is 4.27. The van der Waals surface area contributed by atoms with Gasteiger partial charge in [0.1, 0.15) is 5.52 Å². The number of oxazole rings is 1. The van der Waals surface area contributed by atoms with Crippen molar-refractivity contribution in [1.29, 1.82) is 0 Å². The number of aromatic nitrogens is 1. The van der Waals surface area contributed by atoms with Crippen LogP contribution in [0.15, 0.2) is 34.7 Å². The van der Waals surface area contributed by atoms with Gasteiger partial charge in [0.2, 0.25) is 5.89 Å². The van der Waals surface area contributed by atoms with Gasteiger partial charge < -0.3 is 9.52 Å². The molecule has 0 spiro atoms. The minimum atomic E-state index is -4.56. The molecule has 0 unspecified atom stereocenters. The van der Waals surface area contributed by atoms with Crippen molar-refractivity contribution < 1.29 is 22.7 Å². The van der Waals surface area contributed by atoms with Gasteiger partial charge in [-0.3, -0.25) is 0 Å². The highest BCUT2D eigenvalue weighted by atomic mass is 19.4. The third-order valence-corrected chi connectivity index (χ3v) is 3.92. The Kier molecular flexibility index (Phi) is 3.64. The van der Waals surface area contributed by atoms with E-state index in [1.807, 2.05) is 32.0 Å². The summed E-state index contributed by atoms with van der Waals surface area (Å²) < 4.78 is 44.6. The first-order valence-corrected chi connectivity index (χ1v) is 6.99. The molecule has 6 heteroatoms. The lowest BCUT2D eigenvalue weighted by molar-refractivity contribution is -0.138. The fourth-order valence-electron chi connectivity index (χ4n) is 2.51. The lowest BCUT2D eigenvalue weighted by atomic mass is 10.0. The maximum Gasteiger partial charge on any atom is 0.416 e. The Balaban J connectivity index is 2.21. The molecule has 3 rings (SSSR count). The van der Waals surface area contributed by atoms with Gasteiger partial charge in [-0.1, -0.05) is 12.1 Å². The number of hydrogen-bond acceptors (Lipinski definition) is 3. The van der Waals surface area contributed by atoms with Crippen LogP contribution in [-0.2, 0) is 12.8 Å². The molecule has 1 N–H and O–H groups in total. The van der Waals surface area contributed by atoms with Crippen molar-refractivity contribution in [2.45, 2.75) is 26.6 Å². The molecule has 0 saturated carbocycles. The Morgan fingerprint density at radius 1 is 1.17 bits per heavy atom. The second kappa shape index (κ2) is 5.38. The molecule has 3 aromatic rings. The zero-order valence-electron chi connectivity index (χ0n) is 12.5. The number of fused-ring (bicyclic) bond motifs is 1. The van der Waals surface area contributed by atoms with Crippen molar-refractivity contribution in [2.24, 2.45) is 0 Å². The summed E-state index contributed by atoms with van der Waals surface area (Å²) in [6, 6.07) is 7.70. The Hall–Kier alpha value is -2.34. The molecule has 1 heterocycles. The lowest BCUT2D eigenvalue weighted by Gasteiger charge is -2.10. The van der Waals surface area contributed by atoms with Gasteiger partial charge in [-0.25, -0.2) is 4.98 Å². The molecule has 2 aromatic carbocycles. The molecule has 0 aliphatic heterocycles.